The van der Waals surface area contributed by atoms with E-state index in [0.717, 1.165) is 5.56 Å². The summed E-state index contributed by atoms with van der Waals surface area (Å²) in [7, 11) is 2.89. The van der Waals surface area contributed by atoms with E-state index in [1.807, 2.05) is 6.07 Å². The van der Waals surface area contributed by atoms with Crippen LogP contribution >= 0.6 is 0 Å². The average Bonchev–Trinajstić information content (AvgIpc) is 3.10. The predicted molar refractivity (Wildman–Crippen MR) is 79.4 cm³/mol. The zero-order valence-electron chi connectivity index (χ0n) is 13.3. The van der Waals surface area contributed by atoms with Crippen molar-refractivity contribution in [2.75, 3.05) is 27.4 Å². The van der Waals surface area contributed by atoms with Crippen LogP contribution in [0.5, 0.6) is 11.5 Å². The molecule has 1 amide bonds. The Morgan fingerprint density at radius 3 is 2.78 bits per heavy atom. The zero-order chi connectivity index (χ0) is 16.6. The molecule has 0 unspecified atom stereocenters. The second-order valence-corrected chi connectivity index (χ2v) is 5.41. The molecule has 3 atom stereocenters. The topological polar surface area (TPSA) is 74.3 Å². The van der Waals surface area contributed by atoms with E-state index in [1.54, 1.807) is 26.2 Å². The normalized spacial score (nSPS) is 24.5. The monoisotopic (exact) mass is 321 g/mol. The molecule has 2 aliphatic rings. The summed E-state index contributed by atoms with van der Waals surface area (Å²) in [6, 6.07) is 5.04. The number of ether oxygens (including phenoxy) is 4. The highest BCUT2D eigenvalue weighted by Crippen LogP contribution is 2.49. The van der Waals surface area contributed by atoms with Crippen molar-refractivity contribution in [1.29, 1.82) is 0 Å². The van der Waals surface area contributed by atoms with Crippen LogP contribution in [0.4, 0.5) is 4.79 Å². The molecule has 0 N–H and O–H groups in total. The fraction of sp³-hybridized carbons (Fsp3) is 0.500. The number of methoxy groups -OCH3 is 2. The van der Waals surface area contributed by atoms with Crippen LogP contribution in [0.1, 0.15) is 18.5 Å². The van der Waals surface area contributed by atoms with Crippen LogP contribution in [-0.2, 0) is 14.3 Å². The molecule has 23 heavy (non-hydrogen) atoms. The Kier molecular flexibility index (Phi) is 4.02. The van der Waals surface area contributed by atoms with Crippen molar-refractivity contribution >= 4 is 12.1 Å². The molecule has 1 saturated heterocycles. The molecule has 3 rings (SSSR count). The third-order valence-corrected chi connectivity index (χ3v) is 4.24. The van der Waals surface area contributed by atoms with E-state index < -0.39 is 18.1 Å². The smallest absolute Gasteiger partial charge is 0.410 e. The number of benzene rings is 1. The molecule has 124 valence electrons. The van der Waals surface area contributed by atoms with E-state index in [4.69, 9.17) is 18.9 Å². The van der Waals surface area contributed by atoms with Crippen molar-refractivity contribution in [3.63, 3.8) is 0 Å². The second kappa shape index (κ2) is 5.98. The first-order chi connectivity index (χ1) is 11.1. The minimum atomic E-state index is -0.544. The molecule has 0 aromatic heterocycles. The molecule has 2 heterocycles. The predicted octanol–water partition coefficient (Wildman–Crippen LogP) is 1.76. The van der Waals surface area contributed by atoms with Crippen molar-refractivity contribution < 1.29 is 28.5 Å². The van der Waals surface area contributed by atoms with Gasteiger partial charge in [-0.2, -0.15) is 0 Å². The SMILES string of the molecule is CCOC(=O)[C@@H]1CN(C(=O)OC)[C@H]2c3ccc(OC)cc3O[C@@H]12. The maximum Gasteiger partial charge on any atom is 0.410 e. The van der Waals surface area contributed by atoms with Gasteiger partial charge in [-0.05, 0) is 19.1 Å². The molecular weight excluding hydrogens is 302 g/mol. The van der Waals surface area contributed by atoms with E-state index in [0.29, 0.717) is 11.5 Å². The Morgan fingerprint density at radius 1 is 1.35 bits per heavy atom. The van der Waals surface area contributed by atoms with Crippen molar-refractivity contribution in [2.24, 2.45) is 5.92 Å². The Balaban J connectivity index is 1.96. The number of nitrogens with zero attached hydrogens (tertiary/aromatic N) is 1. The fourth-order valence-corrected chi connectivity index (χ4v) is 3.22. The lowest BCUT2D eigenvalue weighted by Gasteiger charge is -2.21. The van der Waals surface area contributed by atoms with Crippen LogP contribution in [-0.4, -0.2) is 50.4 Å². The maximum atomic E-state index is 12.2. The van der Waals surface area contributed by atoms with E-state index in [1.165, 1.54) is 12.0 Å². The summed E-state index contributed by atoms with van der Waals surface area (Å²) in [5.74, 6) is 0.356. The molecule has 0 saturated carbocycles. The van der Waals surface area contributed by atoms with E-state index in [9.17, 15) is 9.59 Å². The number of fused-ring (bicyclic) bond motifs is 3. The maximum absolute atomic E-state index is 12.2. The number of hydrogen-bond donors (Lipinski definition) is 0. The number of rotatable bonds is 3. The summed E-state index contributed by atoms with van der Waals surface area (Å²) in [4.78, 5) is 25.8. The Labute approximate surface area is 134 Å². The number of hydrogen-bond acceptors (Lipinski definition) is 6. The Morgan fingerprint density at radius 2 is 2.13 bits per heavy atom. The molecular formula is C16H19NO6. The van der Waals surface area contributed by atoms with Gasteiger partial charge in [-0.3, -0.25) is 9.69 Å². The Bertz CT molecular complexity index is 631. The molecule has 7 heteroatoms. The van der Waals surface area contributed by atoms with Gasteiger partial charge in [0.1, 0.15) is 29.6 Å². The number of amides is 1. The third kappa shape index (κ3) is 2.46. The largest absolute Gasteiger partial charge is 0.497 e. The van der Waals surface area contributed by atoms with E-state index in [2.05, 4.69) is 0 Å². The van der Waals surface area contributed by atoms with Gasteiger partial charge in [0, 0.05) is 18.2 Å². The van der Waals surface area contributed by atoms with Crippen LogP contribution < -0.4 is 9.47 Å². The van der Waals surface area contributed by atoms with Crippen LogP contribution in [0, 0.1) is 5.92 Å². The first-order valence-electron chi connectivity index (χ1n) is 7.46. The van der Waals surface area contributed by atoms with Crippen LogP contribution in [0.3, 0.4) is 0 Å². The minimum Gasteiger partial charge on any atom is -0.497 e. The summed E-state index contributed by atoms with van der Waals surface area (Å²) >= 11 is 0. The highest BCUT2D eigenvalue weighted by atomic mass is 16.6. The molecule has 0 spiro atoms. The van der Waals surface area contributed by atoms with Crippen molar-refractivity contribution in [3.8, 4) is 11.5 Å². The summed E-state index contributed by atoms with van der Waals surface area (Å²) in [6.45, 7) is 2.25. The summed E-state index contributed by atoms with van der Waals surface area (Å²) < 4.78 is 21.1. The Hall–Kier alpha value is -2.44. The van der Waals surface area contributed by atoms with Crippen LogP contribution in [0.2, 0.25) is 0 Å². The lowest BCUT2D eigenvalue weighted by molar-refractivity contribution is -0.149. The average molecular weight is 321 g/mol. The van der Waals surface area contributed by atoms with Gasteiger partial charge in [-0.25, -0.2) is 4.79 Å². The number of esters is 1. The lowest BCUT2D eigenvalue weighted by Crippen LogP contribution is -2.32. The summed E-state index contributed by atoms with van der Waals surface area (Å²) in [5.41, 5.74) is 0.841. The van der Waals surface area contributed by atoms with Gasteiger partial charge in [0.25, 0.3) is 0 Å². The number of carbonyl (C=O) groups excluding carboxylic acids is 2. The quantitative estimate of drug-likeness (QED) is 0.790. The highest BCUT2D eigenvalue weighted by molar-refractivity contribution is 5.78. The van der Waals surface area contributed by atoms with Crippen LogP contribution in [0.25, 0.3) is 0 Å². The molecule has 0 radical (unpaired) electrons. The standard InChI is InChI=1S/C16H19NO6/c1-4-22-15(18)11-8-17(16(19)21-3)13-10-6-5-9(20-2)7-12(10)23-14(11)13/h5-7,11,13-14H,4,8H2,1-3H3/t11-,13+,14+/m1/s1. The zero-order valence-corrected chi connectivity index (χ0v) is 13.3. The number of carbonyl (C=O) groups is 2. The van der Waals surface area contributed by atoms with Gasteiger partial charge in [-0.1, -0.05) is 0 Å². The molecule has 7 nitrogen and oxygen atoms in total. The van der Waals surface area contributed by atoms with Crippen molar-refractivity contribution in [1.82, 2.24) is 4.90 Å². The lowest BCUT2D eigenvalue weighted by atomic mass is 9.99. The summed E-state index contributed by atoms with van der Waals surface area (Å²) in [6.07, 6.45) is -0.964. The van der Waals surface area contributed by atoms with Crippen molar-refractivity contribution in [3.05, 3.63) is 23.8 Å². The molecule has 0 aliphatic carbocycles. The van der Waals surface area contributed by atoms with Gasteiger partial charge in [-0.15, -0.1) is 0 Å². The third-order valence-electron chi connectivity index (χ3n) is 4.24. The second-order valence-electron chi connectivity index (χ2n) is 5.41. The number of likely N-dealkylation sites (tertiary alicyclic amines) is 1. The van der Waals surface area contributed by atoms with Gasteiger partial charge < -0.3 is 18.9 Å². The molecule has 1 aromatic rings. The van der Waals surface area contributed by atoms with Gasteiger partial charge >= 0.3 is 12.1 Å². The van der Waals surface area contributed by atoms with Gasteiger partial charge in [0.05, 0.1) is 20.8 Å². The molecule has 1 aromatic carbocycles. The van der Waals surface area contributed by atoms with Crippen molar-refractivity contribution in [2.45, 2.75) is 19.1 Å². The minimum absolute atomic E-state index is 0.215. The van der Waals surface area contributed by atoms with Gasteiger partial charge in [0.2, 0.25) is 0 Å². The first-order valence-corrected chi connectivity index (χ1v) is 7.46. The van der Waals surface area contributed by atoms with Gasteiger partial charge in [0.15, 0.2) is 0 Å². The molecule has 0 bridgehead atoms. The fourth-order valence-electron chi connectivity index (χ4n) is 3.22. The summed E-state index contributed by atoms with van der Waals surface area (Å²) in [5, 5.41) is 0. The molecule has 2 aliphatic heterocycles. The highest BCUT2D eigenvalue weighted by Gasteiger charge is 2.54. The van der Waals surface area contributed by atoms with E-state index >= 15 is 0 Å². The van der Waals surface area contributed by atoms with Crippen LogP contribution in [0.15, 0.2) is 18.2 Å². The first kappa shape index (κ1) is 15.5. The molecule has 1 fully saturated rings. The van der Waals surface area contributed by atoms with E-state index in [-0.39, 0.29) is 25.2 Å².